The van der Waals surface area contributed by atoms with Crippen molar-refractivity contribution in [3.63, 3.8) is 0 Å². The number of hydrogen-bond donors (Lipinski definition) is 2. The maximum atomic E-state index is 13.2. The van der Waals surface area contributed by atoms with Gasteiger partial charge in [0, 0.05) is 31.1 Å². The molecule has 2 N–H and O–H groups in total. The highest BCUT2D eigenvalue weighted by Gasteiger charge is 2.44. The van der Waals surface area contributed by atoms with E-state index in [9.17, 15) is 22.8 Å². The van der Waals surface area contributed by atoms with Crippen LogP contribution in [0.2, 0.25) is 0 Å². The van der Waals surface area contributed by atoms with E-state index in [4.69, 9.17) is 0 Å². The molecule has 1 unspecified atom stereocenters. The third-order valence-corrected chi connectivity index (χ3v) is 4.68. The van der Waals surface area contributed by atoms with Gasteiger partial charge in [-0.25, -0.2) is 13.2 Å². The van der Waals surface area contributed by atoms with Gasteiger partial charge in [-0.05, 0) is 31.0 Å². The molecular weight excluding hydrogens is 371 g/mol. The minimum absolute atomic E-state index is 0. The predicted octanol–water partition coefficient (Wildman–Crippen LogP) is 2.42. The second kappa shape index (κ2) is 8.26. The molecule has 3 rings (SSSR count). The highest BCUT2D eigenvalue weighted by atomic mass is 35.5. The second-order valence-corrected chi connectivity index (χ2v) is 6.59. The number of anilines is 1. The Labute approximate surface area is 155 Å². The molecule has 2 amide bonds. The van der Waals surface area contributed by atoms with Gasteiger partial charge in [0.05, 0.1) is 12.6 Å². The molecule has 9 heteroatoms. The van der Waals surface area contributed by atoms with Gasteiger partial charge in [0.1, 0.15) is 5.82 Å². The van der Waals surface area contributed by atoms with Gasteiger partial charge in [0.2, 0.25) is 11.8 Å². The molecule has 0 radical (unpaired) electrons. The van der Waals surface area contributed by atoms with Gasteiger partial charge in [-0.2, -0.15) is 0 Å². The number of benzene rings is 1. The summed E-state index contributed by atoms with van der Waals surface area (Å²) in [6.45, 7) is 0.226. The van der Waals surface area contributed by atoms with Crippen molar-refractivity contribution in [3.05, 3.63) is 30.1 Å². The molecule has 0 saturated carbocycles. The molecule has 2 fully saturated rings. The van der Waals surface area contributed by atoms with Crippen molar-refractivity contribution in [2.75, 3.05) is 25.0 Å². The number of carbonyl (C=O) groups is 2. The lowest BCUT2D eigenvalue weighted by Crippen LogP contribution is -2.48. The summed E-state index contributed by atoms with van der Waals surface area (Å²) in [5.41, 5.74) is 0.390. The van der Waals surface area contributed by atoms with Crippen LogP contribution >= 0.6 is 12.4 Å². The van der Waals surface area contributed by atoms with Crippen LogP contribution in [0.5, 0.6) is 0 Å². The van der Waals surface area contributed by atoms with E-state index in [0.29, 0.717) is 31.6 Å². The van der Waals surface area contributed by atoms with Crippen molar-refractivity contribution in [2.45, 2.75) is 31.2 Å². The van der Waals surface area contributed by atoms with Crippen LogP contribution in [0.1, 0.15) is 19.3 Å². The average Bonchev–Trinajstić information content (AvgIpc) is 2.94. The number of carbonyl (C=O) groups excluding carboxylic acids is 2. The molecule has 2 aliphatic heterocycles. The zero-order chi connectivity index (χ0) is 18.0. The number of rotatable bonds is 3. The molecule has 2 heterocycles. The van der Waals surface area contributed by atoms with Crippen LogP contribution in [0.3, 0.4) is 0 Å². The fourth-order valence-corrected chi connectivity index (χ4v) is 3.28. The summed E-state index contributed by atoms with van der Waals surface area (Å²) < 4.78 is 39.6. The number of alkyl halides is 2. The summed E-state index contributed by atoms with van der Waals surface area (Å²) in [6.07, 6.45) is 0.428. The normalized spacial score (nSPS) is 22.6. The van der Waals surface area contributed by atoms with Crippen LogP contribution in [0.25, 0.3) is 0 Å². The van der Waals surface area contributed by atoms with E-state index in [-0.39, 0.29) is 30.1 Å². The summed E-state index contributed by atoms with van der Waals surface area (Å²) >= 11 is 0. The van der Waals surface area contributed by atoms with Crippen molar-refractivity contribution in [1.82, 2.24) is 10.2 Å². The van der Waals surface area contributed by atoms with E-state index in [1.807, 2.05) is 0 Å². The van der Waals surface area contributed by atoms with E-state index in [1.54, 1.807) is 6.07 Å². The van der Waals surface area contributed by atoms with E-state index in [0.717, 1.165) is 0 Å². The van der Waals surface area contributed by atoms with Gasteiger partial charge in [0.25, 0.3) is 5.92 Å². The van der Waals surface area contributed by atoms with E-state index in [2.05, 4.69) is 10.6 Å². The Morgan fingerprint density at radius 2 is 1.92 bits per heavy atom. The molecule has 0 aromatic heterocycles. The summed E-state index contributed by atoms with van der Waals surface area (Å²) in [5.74, 6) is -4.11. The fraction of sp³-hybridized carbons (Fsp3) is 0.529. The lowest BCUT2D eigenvalue weighted by Gasteiger charge is -2.33. The maximum Gasteiger partial charge on any atom is 0.262 e. The number of nitrogens with zero attached hydrogens (tertiary/aromatic N) is 1. The highest BCUT2D eigenvalue weighted by Crippen LogP contribution is 2.27. The number of piperidine rings is 1. The molecule has 5 nitrogen and oxygen atoms in total. The Morgan fingerprint density at radius 3 is 2.50 bits per heavy atom. The van der Waals surface area contributed by atoms with Crippen molar-refractivity contribution in [2.24, 2.45) is 5.92 Å². The van der Waals surface area contributed by atoms with Gasteiger partial charge in [-0.3, -0.25) is 14.9 Å². The van der Waals surface area contributed by atoms with Crippen molar-refractivity contribution >= 4 is 29.9 Å². The van der Waals surface area contributed by atoms with Gasteiger partial charge in [-0.15, -0.1) is 12.4 Å². The Hall–Kier alpha value is -1.80. The Balaban J connectivity index is 0.00000243. The topological polar surface area (TPSA) is 61.4 Å². The molecule has 144 valence electrons. The average molecular weight is 392 g/mol. The smallest absolute Gasteiger partial charge is 0.262 e. The Morgan fingerprint density at radius 1 is 1.23 bits per heavy atom. The quantitative estimate of drug-likeness (QED) is 0.832. The van der Waals surface area contributed by atoms with Gasteiger partial charge < -0.3 is 10.2 Å². The molecule has 2 aliphatic rings. The molecule has 26 heavy (non-hydrogen) atoms. The molecule has 1 atom stereocenters. The summed E-state index contributed by atoms with van der Waals surface area (Å²) in [5, 5.41) is 5.23. The first-order chi connectivity index (χ1) is 11.8. The highest BCUT2D eigenvalue weighted by molar-refractivity contribution is 5.92. The molecule has 1 aromatic carbocycles. The minimum atomic E-state index is -2.84. The van der Waals surface area contributed by atoms with Crippen LogP contribution in [-0.2, 0) is 9.59 Å². The van der Waals surface area contributed by atoms with E-state index in [1.165, 1.54) is 23.1 Å². The molecule has 2 saturated heterocycles. The first-order valence-corrected chi connectivity index (χ1v) is 8.30. The van der Waals surface area contributed by atoms with E-state index >= 15 is 0 Å². The second-order valence-electron chi connectivity index (χ2n) is 6.59. The van der Waals surface area contributed by atoms with Crippen molar-refractivity contribution in [1.29, 1.82) is 0 Å². The standard InChI is InChI=1S/C17H20F3N3O2.ClH/c18-12-2-1-3-13(8-12)22-15(24)11-4-6-23(7-5-11)16(25)14-9-17(19,20)10-21-14;/h1-3,8,11,14,21H,4-7,9-10H2,(H,22,24);1H. The molecule has 0 aliphatic carbocycles. The lowest BCUT2D eigenvalue weighted by molar-refractivity contribution is -0.136. The predicted molar refractivity (Wildman–Crippen MR) is 92.9 cm³/mol. The number of hydrogen-bond acceptors (Lipinski definition) is 3. The first kappa shape index (κ1) is 20.5. The molecule has 1 aromatic rings. The summed E-state index contributed by atoms with van der Waals surface area (Å²) in [4.78, 5) is 26.1. The first-order valence-electron chi connectivity index (χ1n) is 8.30. The Bertz CT molecular complexity index is 666. The SMILES string of the molecule is Cl.O=C(Nc1cccc(F)c1)C1CCN(C(=O)C2CC(F)(F)CN2)CC1. The third kappa shape index (κ3) is 4.88. The van der Waals surface area contributed by atoms with Crippen LogP contribution in [0.15, 0.2) is 24.3 Å². The van der Waals surface area contributed by atoms with Crippen LogP contribution in [0.4, 0.5) is 18.9 Å². The maximum absolute atomic E-state index is 13.2. The number of nitrogens with one attached hydrogen (secondary N) is 2. The summed E-state index contributed by atoms with van der Waals surface area (Å²) in [6, 6.07) is 4.79. The van der Waals surface area contributed by atoms with Crippen molar-refractivity contribution < 1.29 is 22.8 Å². The number of amides is 2. The van der Waals surface area contributed by atoms with Gasteiger partial charge in [-0.1, -0.05) is 6.07 Å². The van der Waals surface area contributed by atoms with Crippen LogP contribution < -0.4 is 10.6 Å². The van der Waals surface area contributed by atoms with Crippen LogP contribution in [0, 0.1) is 11.7 Å². The summed E-state index contributed by atoms with van der Waals surface area (Å²) in [7, 11) is 0. The molecule has 0 spiro atoms. The number of likely N-dealkylation sites (tertiary alicyclic amines) is 1. The third-order valence-electron chi connectivity index (χ3n) is 4.68. The lowest BCUT2D eigenvalue weighted by atomic mass is 9.95. The molecular formula is C17H21ClF3N3O2. The monoisotopic (exact) mass is 391 g/mol. The fourth-order valence-electron chi connectivity index (χ4n) is 3.28. The van der Waals surface area contributed by atoms with E-state index < -0.39 is 30.7 Å². The molecule has 0 bridgehead atoms. The van der Waals surface area contributed by atoms with Gasteiger partial charge >= 0.3 is 0 Å². The van der Waals surface area contributed by atoms with Gasteiger partial charge in [0.15, 0.2) is 0 Å². The van der Waals surface area contributed by atoms with Crippen LogP contribution in [-0.4, -0.2) is 48.3 Å². The van der Waals surface area contributed by atoms with Crippen molar-refractivity contribution in [3.8, 4) is 0 Å². The number of halogens is 4. The zero-order valence-electron chi connectivity index (χ0n) is 14.0. The zero-order valence-corrected chi connectivity index (χ0v) is 14.8. The minimum Gasteiger partial charge on any atom is -0.341 e. The largest absolute Gasteiger partial charge is 0.341 e. The Kier molecular flexibility index (Phi) is 6.52.